The summed E-state index contributed by atoms with van der Waals surface area (Å²) in [7, 11) is 0. The highest BCUT2D eigenvalue weighted by atomic mass is 16.3. The molecule has 1 aliphatic carbocycles. The first kappa shape index (κ1) is 12.3. The Morgan fingerprint density at radius 3 is 2.76 bits per heavy atom. The first-order chi connectivity index (χ1) is 10.3. The summed E-state index contributed by atoms with van der Waals surface area (Å²) in [5.41, 5.74) is 3.20. The number of rotatable bonds is 2. The molecule has 0 aliphatic heterocycles. The van der Waals surface area contributed by atoms with Crippen molar-refractivity contribution in [2.45, 2.75) is 12.3 Å². The first-order valence-corrected chi connectivity index (χ1v) is 7.00. The topological polar surface area (TPSA) is 55.1 Å². The van der Waals surface area contributed by atoms with Gasteiger partial charge in [-0.25, -0.2) is 4.98 Å². The lowest BCUT2D eigenvalue weighted by molar-refractivity contribution is 0.252. The van der Waals surface area contributed by atoms with E-state index in [1.807, 2.05) is 42.5 Å². The summed E-state index contributed by atoms with van der Waals surface area (Å²) in [4.78, 5) is 17.2. The molecule has 2 heterocycles. The average molecular weight is 278 g/mol. The number of aliphatic hydroxyl groups is 1. The van der Waals surface area contributed by atoms with Crippen molar-refractivity contribution in [3.8, 4) is 5.69 Å². The van der Waals surface area contributed by atoms with Gasteiger partial charge in [-0.3, -0.25) is 9.36 Å². The summed E-state index contributed by atoms with van der Waals surface area (Å²) in [6, 6.07) is 13.4. The first-order valence-electron chi connectivity index (χ1n) is 7.00. The molecule has 0 amide bonds. The zero-order valence-corrected chi connectivity index (χ0v) is 11.4. The second kappa shape index (κ2) is 4.53. The Labute approximate surface area is 121 Å². The molecule has 0 bridgehead atoms. The van der Waals surface area contributed by atoms with Crippen molar-refractivity contribution in [1.29, 1.82) is 0 Å². The molecule has 104 valence electrons. The van der Waals surface area contributed by atoms with Gasteiger partial charge < -0.3 is 5.11 Å². The fraction of sp³-hybridized carbons (Fsp3) is 0.176. The van der Waals surface area contributed by atoms with Gasteiger partial charge in [0, 0.05) is 23.1 Å². The van der Waals surface area contributed by atoms with Crippen LogP contribution in [0.15, 0.2) is 53.5 Å². The molecule has 2 aromatic heterocycles. The van der Waals surface area contributed by atoms with Crippen LogP contribution in [0, 0.1) is 0 Å². The molecular formula is C17H14N2O2. The van der Waals surface area contributed by atoms with E-state index in [0.717, 1.165) is 28.6 Å². The third-order valence-corrected chi connectivity index (χ3v) is 4.18. The highest BCUT2D eigenvalue weighted by Gasteiger charge is 2.32. The van der Waals surface area contributed by atoms with Gasteiger partial charge in [-0.15, -0.1) is 0 Å². The third-order valence-electron chi connectivity index (χ3n) is 4.18. The highest BCUT2D eigenvalue weighted by molar-refractivity contribution is 5.83. The summed E-state index contributed by atoms with van der Waals surface area (Å²) in [6.07, 6.45) is 2.45. The maximum atomic E-state index is 12.8. The second-order valence-corrected chi connectivity index (χ2v) is 5.33. The van der Waals surface area contributed by atoms with Crippen LogP contribution < -0.4 is 5.56 Å². The van der Waals surface area contributed by atoms with Gasteiger partial charge >= 0.3 is 0 Å². The van der Waals surface area contributed by atoms with E-state index in [9.17, 15) is 9.90 Å². The number of aliphatic hydroxyl groups excluding tert-OH is 1. The Bertz CT molecular complexity index is 884. The number of hydrogen-bond donors (Lipinski definition) is 1. The molecule has 1 atom stereocenters. The summed E-state index contributed by atoms with van der Waals surface area (Å²) < 4.78 is 1.65. The summed E-state index contributed by atoms with van der Waals surface area (Å²) in [5.74, 6) is -0.0490. The molecule has 3 aromatic rings. The van der Waals surface area contributed by atoms with Crippen LogP contribution in [0.5, 0.6) is 0 Å². The lowest BCUT2D eigenvalue weighted by atomic mass is 9.77. The fourth-order valence-corrected chi connectivity index (χ4v) is 3.13. The van der Waals surface area contributed by atoms with Gasteiger partial charge in [0.1, 0.15) is 5.65 Å². The van der Waals surface area contributed by atoms with Crippen LogP contribution in [0.25, 0.3) is 16.7 Å². The van der Waals surface area contributed by atoms with Crippen molar-refractivity contribution in [2.24, 2.45) is 0 Å². The molecule has 0 radical (unpaired) electrons. The summed E-state index contributed by atoms with van der Waals surface area (Å²) in [5, 5.41) is 10.4. The quantitative estimate of drug-likeness (QED) is 0.780. The van der Waals surface area contributed by atoms with Gasteiger partial charge in [-0.2, -0.15) is 0 Å². The van der Waals surface area contributed by atoms with Crippen molar-refractivity contribution in [3.63, 3.8) is 0 Å². The number of pyridine rings is 2. The summed E-state index contributed by atoms with van der Waals surface area (Å²) >= 11 is 0. The molecule has 1 unspecified atom stereocenters. The van der Waals surface area contributed by atoms with Crippen LogP contribution in [0.4, 0.5) is 0 Å². The van der Waals surface area contributed by atoms with Crippen molar-refractivity contribution in [1.82, 2.24) is 9.55 Å². The SMILES string of the molecule is O=c1c2c(c3cccnc3n1-c1ccccc1)CC2CO. The van der Waals surface area contributed by atoms with Crippen LogP contribution in [0.2, 0.25) is 0 Å². The van der Waals surface area contributed by atoms with Crippen molar-refractivity contribution < 1.29 is 5.11 Å². The van der Waals surface area contributed by atoms with Crippen LogP contribution >= 0.6 is 0 Å². The zero-order valence-electron chi connectivity index (χ0n) is 11.4. The average Bonchev–Trinajstić information content (AvgIpc) is 2.49. The van der Waals surface area contributed by atoms with E-state index in [-0.39, 0.29) is 18.1 Å². The molecule has 1 aliphatic rings. The normalized spacial score (nSPS) is 16.5. The molecule has 1 aromatic carbocycles. The van der Waals surface area contributed by atoms with E-state index in [1.54, 1.807) is 10.8 Å². The molecule has 1 N–H and O–H groups in total. The molecule has 0 spiro atoms. The van der Waals surface area contributed by atoms with Crippen LogP contribution in [0.3, 0.4) is 0 Å². The minimum atomic E-state index is -0.0623. The Kier molecular flexibility index (Phi) is 2.65. The van der Waals surface area contributed by atoms with Gasteiger partial charge in [0.2, 0.25) is 0 Å². The van der Waals surface area contributed by atoms with Gasteiger partial charge in [-0.05, 0) is 36.2 Å². The van der Waals surface area contributed by atoms with Gasteiger partial charge in [0.05, 0.1) is 12.3 Å². The van der Waals surface area contributed by atoms with Crippen LogP contribution in [-0.2, 0) is 6.42 Å². The van der Waals surface area contributed by atoms with Crippen molar-refractivity contribution >= 4 is 11.0 Å². The molecule has 0 saturated carbocycles. The van der Waals surface area contributed by atoms with E-state index in [4.69, 9.17) is 0 Å². The van der Waals surface area contributed by atoms with Crippen LogP contribution in [-0.4, -0.2) is 21.3 Å². The number of hydrogen-bond acceptors (Lipinski definition) is 3. The Hall–Kier alpha value is -2.46. The molecule has 4 nitrogen and oxygen atoms in total. The maximum absolute atomic E-state index is 12.8. The third kappa shape index (κ3) is 1.66. The van der Waals surface area contributed by atoms with Crippen LogP contribution in [0.1, 0.15) is 17.0 Å². The second-order valence-electron chi connectivity index (χ2n) is 5.33. The predicted molar refractivity (Wildman–Crippen MR) is 80.9 cm³/mol. The lowest BCUT2D eigenvalue weighted by Gasteiger charge is -2.30. The van der Waals surface area contributed by atoms with E-state index in [0.29, 0.717) is 5.65 Å². The molecule has 21 heavy (non-hydrogen) atoms. The Morgan fingerprint density at radius 2 is 2.00 bits per heavy atom. The molecule has 0 saturated heterocycles. The largest absolute Gasteiger partial charge is 0.396 e. The molecular weight excluding hydrogens is 264 g/mol. The molecule has 0 fully saturated rings. The molecule has 4 heteroatoms. The van der Waals surface area contributed by atoms with E-state index < -0.39 is 0 Å². The number of benzene rings is 1. The van der Waals surface area contributed by atoms with E-state index >= 15 is 0 Å². The Balaban J connectivity index is 2.13. The van der Waals surface area contributed by atoms with E-state index in [1.165, 1.54) is 0 Å². The zero-order chi connectivity index (χ0) is 14.4. The minimum Gasteiger partial charge on any atom is -0.396 e. The lowest BCUT2D eigenvalue weighted by Crippen LogP contribution is -2.35. The predicted octanol–water partition coefficient (Wildman–Crippen LogP) is 2.02. The number of para-hydroxylation sites is 1. The molecule has 4 rings (SSSR count). The number of fused-ring (bicyclic) bond motifs is 3. The Morgan fingerprint density at radius 1 is 1.19 bits per heavy atom. The summed E-state index contributed by atoms with van der Waals surface area (Å²) in [6.45, 7) is 0.0167. The minimum absolute atomic E-state index is 0.0167. The van der Waals surface area contributed by atoms with Gasteiger partial charge in [0.15, 0.2) is 0 Å². The van der Waals surface area contributed by atoms with E-state index in [2.05, 4.69) is 4.98 Å². The maximum Gasteiger partial charge on any atom is 0.260 e. The number of nitrogens with zero attached hydrogens (tertiary/aromatic N) is 2. The number of aromatic nitrogens is 2. The van der Waals surface area contributed by atoms with Crippen molar-refractivity contribution in [3.05, 3.63) is 70.1 Å². The monoisotopic (exact) mass is 278 g/mol. The smallest absolute Gasteiger partial charge is 0.260 e. The fourth-order valence-electron chi connectivity index (χ4n) is 3.13. The van der Waals surface area contributed by atoms with Gasteiger partial charge in [-0.1, -0.05) is 18.2 Å². The standard InChI is InChI=1S/C17H14N2O2/c20-10-11-9-14-13-7-4-8-18-16(13)19(17(21)15(11)14)12-5-2-1-3-6-12/h1-8,11,20H,9-10H2. The van der Waals surface area contributed by atoms with Gasteiger partial charge in [0.25, 0.3) is 5.56 Å². The van der Waals surface area contributed by atoms with Crippen molar-refractivity contribution in [2.75, 3.05) is 6.61 Å². The highest BCUT2D eigenvalue weighted by Crippen LogP contribution is 2.36.